The number of hydrogen-bond donors (Lipinski definition) is 0. The lowest BCUT2D eigenvalue weighted by Gasteiger charge is -2.35. The molecule has 1 aliphatic carbocycles. The number of fused-ring (bicyclic) bond motifs is 5. The van der Waals surface area contributed by atoms with E-state index in [1.165, 1.54) is 11.8 Å². The van der Waals surface area contributed by atoms with Crippen LogP contribution in [0.3, 0.4) is 0 Å². The van der Waals surface area contributed by atoms with E-state index in [0.29, 0.717) is 19.6 Å². The molecule has 0 N–H and O–H groups in total. The van der Waals surface area contributed by atoms with E-state index in [9.17, 15) is 8.42 Å². The first-order valence-corrected chi connectivity index (χ1v) is 16.7. The normalized spacial score (nSPS) is 16.8. The van der Waals surface area contributed by atoms with E-state index in [0.717, 1.165) is 70.0 Å². The standard InChI is InChI=1S/C36H24N2O4S2/c39-44(40)35-19-17-23(37-25-9-1-5-13-29(25)41-30-14-6-2-10-26(30)37)21-33(35)43-34-22-24(18-20-36(34)44)38-27-11-3-7-15-31(27)42-32-16-8-4-12-28(32)38/h1-7,9-15,17-22H,8,16H2. The second-order valence-corrected chi connectivity index (χ2v) is 13.9. The second kappa shape index (κ2) is 9.54. The minimum Gasteiger partial charge on any atom is -0.457 e. The molecule has 8 heteroatoms. The molecule has 0 saturated carbocycles. The molecule has 0 unspecified atom stereocenters. The molecule has 6 nitrogen and oxygen atoms in total. The molecule has 5 aromatic rings. The van der Waals surface area contributed by atoms with Gasteiger partial charge in [-0.2, -0.15) is 0 Å². The van der Waals surface area contributed by atoms with E-state index >= 15 is 0 Å². The molecule has 4 aliphatic rings. The van der Waals surface area contributed by atoms with Crippen molar-refractivity contribution in [2.45, 2.75) is 32.4 Å². The third-order valence-corrected chi connectivity index (χ3v) is 11.5. The van der Waals surface area contributed by atoms with Crippen LogP contribution in [0, 0.1) is 0 Å². The van der Waals surface area contributed by atoms with Crippen LogP contribution in [-0.2, 0) is 9.84 Å². The van der Waals surface area contributed by atoms with E-state index in [2.05, 4.69) is 22.0 Å². The molecule has 3 heterocycles. The van der Waals surface area contributed by atoms with Crippen molar-refractivity contribution in [3.8, 4) is 17.2 Å². The summed E-state index contributed by atoms with van der Waals surface area (Å²) in [6.07, 6.45) is 5.98. The molecule has 0 fully saturated rings. The molecule has 0 aromatic heterocycles. The fraction of sp³-hybridized carbons (Fsp3) is 0.0556. The van der Waals surface area contributed by atoms with E-state index < -0.39 is 9.84 Å². The second-order valence-electron chi connectivity index (χ2n) is 10.9. The summed E-state index contributed by atoms with van der Waals surface area (Å²) in [5, 5.41) is 0. The van der Waals surface area contributed by atoms with Gasteiger partial charge in [-0.15, -0.1) is 0 Å². The van der Waals surface area contributed by atoms with E-state index in [1.807, 2.05) is 97.1 Å². The van der Waals surface area contributed by atoms with Gasteiger partial charge < -0.3 is 19.3 Å². The molecule has 0 atom stereocenters. The molecule has 0 bridgehead atoms. The number of sulfone groups is 1. The molecule has 44 heavy (non-hydrogen) atoms. The summed E-state index contributed by atoms with van der Waals surface area (Å²) in [4.78, 5) is 6.32. The fourth-order valence-corrected chi connectivity index (χ4v) is 9.52. The highest BCUT2D eigenvalue weighted by Gasteiger charge is 2.34. The predicted octanol–water partition coefficient (Wildman–Crippen LogP) is 9.65. The van der Waals surface area contributed by atoms with Crippen molar-refractivity contribution in [2.75, 3.05) is 9.80 Å². The first kappa shape index (κ1) is 25.6. The third kappa shape index (κ3) is 3.77. The monoisotopic (exact) mass is 612 g/mol. The van der Waals surface area contributed by atoms with Crippen LogP contribution in [0.2, 0.25) is 0 Å². The van der Waals surface area contributed by atoms with Gasteiger partial charge in [-0.1, -0.05) is 54.2 Å². The van der Waals surface area contributed by atoms with Gasteiger partial charge in [0.15, 0.2) is 17.2 Å². The van der Waals surface area contributed by atoms with Crippen molar-refractivity contribution >= 4 is 50.0 Å². The van der Waals surface area contributed by atoms with Gasteiger partial charge in [-0.05, 0) is 85.3 Å². The maximum absolute atomic E-state index is 14.0. The molecule has 0 amide bonds. The quantitative estimate of drug-likeness (QED) is 0.193. The molecule has 0 radical (unpaired) electrons. The Morgan fingerprint density at radius 1 is 0.614 bits per heavy atom. The van der Waals surface area contributed by atoms with Crippen LogP contribution in [0.1, 0.15) is 12.8 Å². The van der Waals surface area contributed by atoms with E-state index in [4.69, 9.17) is 9.47 Å². The van der Waals surface area contributed by atoms with Crippen LogP contribution in [0.5, 0.6) is 17.2 Å². The van der Waals surface area contributed by atoms with Gasteiger partial charge in [-0.3, -0.25) is 0 Å². The van der Waals surface area contributed by atoms with Gasteiger partial charge in [0, 0.05) is 27.6 Å². The zero-order chi connectivity index (χ0) is 29.4. The first-order chi connectivity index (χ1) is 21.6. The average Bonchev–Trinajstić information content (AvgIpc) is 3.05. The summed E-state index contributed by atoms with van der Waals surface area (Å²) in [7, 11) is -3.73. The highest BCUT2D eigenvalue weighted by Crippen LogP contribution is 2.53. The Morgan fingerprint density at radius 2 is 1.14 bits per heavy atom. The van der Waals surface area contributed by atoms with Crippen molar-refractivity contribution in [3.63, 3.8) is 0 Å². The number of hydrogen-bond acceptors (Lipinski definition) is 7. The molecule has 5 aromatic carbocycles. The Kier molecular flexibility index (Phi) is 5.54. The molecule has 9 rings (SSSR count). The van der Waals surface area contributed by atoms with E-state index in [-0.39, 0.29) is 0 Å². The largest absolute Gasteiger partial charge is 0.457 e. The van der Waals surface area contributed by atoms with Crippen LogP contribution in [0.15, 0.2) is 152 Å². The van der Waals surface area contributed by atoms with Gasteiger partial charge in [0.25, 0.3) is 0 Å². The molecular weight excluding hydrogens is 589 g/mol. The molecule has 214 valence electrons. The van der Waals surface area contributed by atoms with Gasteiger partial charge in [-0.25, -0.2) is 8.42 Å². The van der Waals surface area contributed by atoms with E-state index in [1.54, 1.807) is 12.1 Å². The Labute approximate surface area is 259 Å². The van der Waals surface area contributed by atoms with Crippen molar-refractivity contribution in [2.24, 2.45) is 0 Å². The summed E-state index contributed by atoms with van der Waals surface area (Å²) in [6, 6.07) is 34.9. The fourth-order valence-electron chi connectivity index (χ4n) is 6.30. The van der Waals surface area contributed by atoms with Crippen molar-refractivity contribution in [1.29, 1.82) is 0 Å². The van der Waals surface area contributed by atoms with Crippen LogP contribution in [-0.4, -0.2) is 8.42 Å². The van der Waals surface area contributed by atoms with Crippen molar-refractivity contribution in [1.82, 2.24) is 0 Å². The first-order valence-electron chi connectivity index (χ1n) is 14.4. The minimum absolute atomic E-state index is 0.318. The zero-order valence-electron chi connectivity index (χ0n) is 23.3. The SMILES string of the molecule is O=S1(=O)c2ccc(N3C4=C(CCC=C4)Oc4ccccc43)cc2Sc2cc(N3c4ccccc4Oc4ccccc43)ccc21. The Hall–Kier alpha value is -4.92. The zero-order valence-corrected chi connectivity index (χ0v) is 24.9. The molecule has 0 saturated heterocycles. The molecule has 0 spiro atoms. The van der Waals surface area contributed by atoms with Crippen molar-refractivity contribution in [3.05, 3.63) is 133 Å². The van der Waals surface area contributed by atoms with Crippen LogP contribution < -0.4 is 19.3 Å². The smallest absolute Gasteiger partial charge is 0.208 e. The lowest BCUT2D eigenvalue weighted by atomic mass is 10.0. The van der Waals surface area contributed by atoms with Crippen molar-refractivity contribution < 1.29 is 17.9 Å². The lowest BCUT2D eigenvalue weighted by Crippen LogP contribution is -2.25. The van der Waals surface area contributed by atoms with Gasteiger partial charge >= 0.3 is 0 Å². The Morgan fingerprint density at radius 3 is 1.75 bits per heavy atom. The molecule has 3 aliphatic heterocycles. The topological polar surface area (TPSA) is 59.1 Å². The number of rotatable bonds is 2. The molecular formula is C36H24N2O4S2. The van der Waals surface area contributed by atoms with Crippen LogP contribution in [0.25, 0.3) is 0 Å². The van der Waals surface area contributed by atoms with Gasteiger partial charge in [0.2, 0.25) is 9.84 Å². The number of para-hydroxylation sites is 6. The maximum Gasteiger partial charge on any atom is 0.208 e. The highest BCUT2D eigenvalue weighted by molar-refractivity contribution is 8.02. The summed E-state index contributed by atoms with van der Waals surface area (Å²) >= 11 is 1.49. The minimum atomic E-state index is -3.73. The number of allylic oxidation sites excluding steroid dienone is 3. The number of ether oxygens (including phenoxy) is 2. The van der Waals surface area contributed by atoms with Gasteiger partial charge in [0.05, 0.1) is 32.6 Å². The average molecular weight is 613 g/mol. The highest BCUT2D eigenvalue weighted by atomic mass is 32.2. The van der Waals surface area contributed by atoms with Crippen LogP contribution in [0.4, 0.5) is 28.4 Å². The lowest BCUT2D eigenvalue weighted by molar-refractivity contribution is 0.388. The summed E-state index contributed by atoms with van der Waals surface area (Å²) in [5.41, 5.74) is 5.44. The maximum atomic E-state index is 14.0. The number of nitrogens with zero attached hydrogens (tertiary/aromatic N) is 2. The van der Waals surface area contributed by atoms with Crippen LogP contribution >= 0.6 is 11.8 Å². The van der Waals surface area contributed by atoms with Gasteiger partial charge in [0.1, 0.15) is 5.76 Å². The summed E-state index contributed by atoms with van der Waals surface area (Å²) in [5.74, 6) is 3.21. The summed E-state index contributed by atoms with van der Waals surface area (Å²) < 4.78 is 40.4. The summed E-state index contributed by atoms with van der Waals surface area (Å²) in [6.45, 7) is 0. The third-order valence-electron chi connectivity index (χ3n) is 8.28. The Bertz CT molecular complexity index is 2160. The predicted molar refractivity (Wildman–Crippen MR) is 172 cm³/mol. The Balaban J connectivity index is 1.16. The number of benzene rings is 5. The number of anilines is 5.